The fraction of sp³-hybridized carbons (Fsp3) is 0.412. The average Bonchev–Trinajstić information content (AvgIpc) is 2.48. The lowest BCUT2D eigenvalue weighted by atomic mass is 10.1. The average molecular weight is 282 g/mol. The van der Waals surface area contributed by atoms with Crippen molar-refractivity contribution in [2.75, 3.05) is 31.1 Å². The number of piperazine rings is 1. The van der Waals surface area contributed by atoms with Crippen LogP contribution in [0.3, 0.4) is 0 Å². The largest absolute Gasteiger partial charge is 0.366 e. The Kier molecular flexibility index (Phi) is 3.88. The van der Waals surface area contributed by atoms with E-state index in [1.54, 1.807) is 0 Å². The number of aromatic nitrogens is 2. The SMILES string of the molecule is Cc1ccccc1-c1nc(C)c(N2CCNCC2)c(C)n1. The Labute approximate surface area is 126 Å². The molecule has 1 saturated heterocycles. The third-order valence-electron chi connectivity index (χ3n) is 4.05. The molecule has 0 amide bonds. The van der Waals surface area contributed by atoms with Crippen molar-refractivity contribution in [2.45, 2.75) is 20.8 Å². The van der Waals surface area contributed by atoms with Gasteiger partial charge in [0.1, 0.15) is 0 Å². The van der Waals surface area contributed by atoms with Gasteiger partial charge in [0.05, 0.1) is 17.1 Å². The van der Waals surface area contributed by atoms with Crippen molar-refractivity contribution in [3.05, 3.63) is 41.2 Å². The second-order valence-corrected chi connectivity index (χ2v) is 5.62. The maximum Gasteiger partial charge on any atom is 0.160 e. The summed E-state index contributed by atoms with van der Waals surface area (Å²) in [5, 5.41) is 3.39. The molecule has 21 heavy (non-hydrogen) atoms. The minimum Gasteiger partial charge on any atom is -0.366 e. The minimum absolute atomic E-state index is 0.835. The minimum atomic E-state index is 0.835. The summed E-state index contributed by atoms with van der Waals surface area (Å²) in [6.45, 7) is 10.4. The lowest BCUT2D eigenvalue weighted by Gasteiger charge is -2.31. The zero-order valence-electron chi connectivity index (χ0n) is 13.0. The van der Waals surface area contributed by atoms with Gasteiger partial charge >= 0.3 is 0 Å². The lowest BCUT2D eigenvalue weighted by molar-refractivity contribution is 0.586. The van der Waals surface area contributed by atoms with Gasteiger partial charge in [-0.25, -0.2) is 9.97 Å². The predicted octanol–water partition coefficient (Wildman–Crippen LogP) is 2.48. The number of anilines is 1. The molecule has 0 atom stereocenters. The van der Waals surface area contributed by atoms with Gasteiger partial charge < -0.3 is 10.2 Å². The normalized spacial score (nSPS) is 15.3. The topological polar surface area (TPSA) is 41.1 Å². The maximum absolute atomic E-state index is 4.77. The number of hydrogen-bond acceptors (Lipinski definition) is 4. The highest BCUT2D eigenvalue weighted by atomic mass is 15.2. The van der Waals surface area contributed by atoms with Crippen LogP contribution in [0.4, 0.5) is 5.69 Å². The summed E-state index contributed by atoms with van der Waals surface area (Å²) in [4.78, 5) is 11.9. The first kappa shape index (κ1) is 14.0. The summed E-state index contributed by atoms with van der Waals surface area (Å²) in [5.74, 6) is 0.835. The zero-order valence-corrected chi connectivity index (χ0v) is 13.0. The van der Waals surface area contributed by atoms with Gasteiger partial charge in [0.2, 0.25) is 0 Å². The van der Waals surface area contributed by atoms with Gasteiger partial charge in [-0.05, 0) is 26.3 Å². The molecule has 1 aliphatic rings. The molecule has 0 saturated carbocycles. The Hall–Kier alpha value is -1.94. The first-order valence-electron chi connectivity index (χ1n) is 7.53. The van der Waals surface area contributed by atoms with Gasteiger partial charge in [-0.15, -0.1) is 0 Å². The highest BCUT2D eigenvalue weighted by Crippen LogP contribution is 2.27. The van der Waals surface area contributed by atoms with Gasteiger partial charge in [-0.3, -0.25) is 0 Å². The van der Waals surface area contributed by atoms with Crippen LogP contribution in [0.1, 0.15) is 17.0 Å². The molecule has 1 aliphatic heterocycles. The van der Waals surface area contributed by atoms with Crippen molar-refractivity contribution in [1.29, 1.82) is 0 Å². The molecular weight excluding hydrogens is 260 g/mol. The summed E-state index contributed by atoms with van der Waals surface area (Å²) >= 11 is 0. The molecule has 4 heteroatoms. The third-order valence-corrected chi connectivity index (χ3v) is 4.05. The van der Waals surface area contributed by atoms with Crippen LogP contribution in [0.5, 0.6) is 0 Å². The first-order chi connectivity index (χ1) is 10.2. The fourth-order valence-corrected chi connectivity index (χ4v) is 3.00. The van der Waals surface area contributed by atoms with E-state index in [2.05, 4.69) is 43.1 Å². The fourth-order valence-electron chi connectivity index (χ4n) is 3.00. The Balaban J connectivity index is 2.02. The lowest BCUT2D eigenvalue weighted by Crippen LogP contribution is -2.44. The number of benzene rings is 1. The van der Waals surface area contributed by atoms with Crippen LogP contribution in [-0.4, -0.2) is 36.1 Å². The highest BCUT2D eigenvalue weighted by Gasteiger charge is 2.18. The summed E-state index contributed by atoms with van der Waals surface area (Å²) < 4.78 is 0. The Morgan fingerprint density at radius 2 is 1.57 bits per heavy atom. The van der Waals surface area contributed by atoms with Crippen LogP contribution in [-0.2, 0) is 0 Å². The standard InChI is InChI=1S/C17H22N4/c1-12-6-4-5-7-15(12)17-19-13(2)16(14(3)20-17)21-10-8-18-9-11-21/h4-7,18H,8-11H2,1-3H3. The van der Waals surface area contributed by atoms with Gasteiger partial charge in [0, 0.05) is 31.7 Å². The molecule has 110 valence electrons. The van der Waals surface area contributed by atoms with Crippen LogP contribution >= 0.6 is 0 Å². The van der Waals surface area contributed by atoms with Crippen LogP contribution in [0.25, 0.3) is 11.4 Å². The Bertz CT molecular complexity index is 622. The van der Waals surface area contributed by atoms with Gasteiger partial charge in [0.15, 0.2) is 5.82 Å². The van der Waals surface area contributed by atoms with E-state index in [1.165, 1.54) is 11.3 Å². The van der Waals surface area contributed by atoms with E-state index in [1.807, 2.05) is 12.1 Å². The van der Waals surface area contributed by atoms with E-state index in [4.69, 9.17) is 9.97 Å². The van der Waals surface area contributed by atoms with Crippen molar-refractivity contribution in [3.8, 4) is 11.4 Å². The summed E-state index contributed by atoms with van der Waals surface area (Å²) in [7, 11) is 0. The number of nitrogens with one attached hydrogen (secondary N) is 1. The van der Waals surface area contributed by atoms with E-state index in [-0.39, 0.29) is 0 Å². The van der Waals surface area contributed by atoms with E-state index in [0.717, 1.165) is 49.0 Å². The van der Waals surface area contributed by atoms with Crippen LogP contribution in [0, 0.1) is 20.8 Å². The Morgan fingerprint density at radius 1 is 0.952 bits per heavy atom. The number of hydrogen-bond donors (Lipinski definition) is 1. The summed E-state index contributed by atoms with van der Waals surface area (Å²) in [5.41, 5.74) is 5.68. The third kappa shape index (κ3) is 2.76. The molecule has 0 unspecified atom stereocenters. The van der Waals surface area contributed by atoms with E-state index >= 15 is 0 Å². The Morgan fingerprint density at radius 3 is 2.19 bits per heavy atom. The molecule has 2 heterocycles. The van der Waals surface area contributed by atoms with E-state index in [0.29, 0.717) is 0 Å². The van der Waals surface area contributed by atoms with Crippen molar-refractivity contribution in [2.24, 2.45) is 0 Å². The summed E-state index contributed by atoms with van der Waals surface area (Å²) in [6.07, 6.45) is 0. The number of aryl methyl sites for hydroxylation is 3. The van der Waals surface area contributed by atoms with Crippen molar-refractivity contribution in [1.82, 2.24) is 15.3 Å². The van der Waals surface area contributed by atoms with Gasteiger partial charge in [-0.2, -0.15) is 0 Å². The molecule has 4 nitrogen and oxygen atoms in total. The van der Waals surface area contributed by atoms with Crippen molar-refractivity contribution >= 4 is 5.69 Å². The molecule has 1 aromatic heterocycles. The predicted molar refractivity (Wildman–Crippen MR) is 86.8 cm³/mol. The second-order valence-electron chi connectivity index (χ2n) is 5.62. The second kappa shape index (κ2) is 5.82. The van der Waals surface area contributed by atoms with Gasteiger partial charge in [0.25, 0.3) is 0 Å². The maximum atomic E-state index is 4.77. The van der Waals surface area contributed by atoms with Gasteiger partial charge in [-0.1, -0.05) is 24.3 Å². The molecule has 1 N–H and O–H groups in total. The summed E-state index contributed by atoms with van der Waals surface area (Å²) in [6, 6.07) is 8.29. The number of rotatable bonds is 2. The first-order valence-corrected chi connectivity index (χ1v) is 7.53. The van der Waals surface area contributed by atoms with Crippen LogP contribution in [0.2, 0.25) is 0 Å². The van der Waals surface area contributed by atoms with Crippen LogP contribution in [0.15, 0.2) is 24.3 Å². The quantitative estimate of drug-likeness (QED) is 0.919. The monoisotopic (exact) mass is 282 g/mol. The molecule has 1 aromatic carbocycles. The highest BCUT2D eigenvalue weighted by molar-refractivity contribution is 5.64. The van der Waals surface area contributed by atoms with Crippen LogP contribution < -0.4 is 10.2 Å². The smallest absolute Gasteiger partial charge is 0.160 e. The van der Waals surface area contributed by atoms with E-state index in [9.17, 15) is 0 Å². The molecule has 0 spiro atoms. The molecule has 3 rings (SSSR count). The molecular formula is C17H22N4. The molecule has 0 bridgehead atoms. The van der Waals surface area contributed by atoms with Crippen molar-refractivity contribution < 1.29 is 0 Å². The molecule has 2 aromatic rings. The number of nitrogens with zero attached hydrogens (tertiary/aromatic N) is 3. The molecule has 0 aliphatic carbocycles. The molecule has 1 fully saturated rings. The zero-order chi connectivity index (χ0) is 14.8. The van der Waals surface area contributed by atoms with Crippen molar-refractivity contribution in [3.63, 3.8) is 0 Å². The molecule has 0 radical (unpaired) electrons. The van der Waals surface area contributed by atoms with E-state index < -0.39 is 0 Å².